The Bertz CT molecular complexity index is 122. The summed E-state index contributed by atoms with van der Waals surface area (Å²) in [7, 11) is -5.64. The van der Waals surface area contributed by atoms with Gasteiger partial charge >= 0.3 is 67.3 Å². The largest absolute Gasteiger partial charge is 2.00 e. The van der Waals surface area contributed by atoms with Gasteiger partial charge in [-0.05, 0) is 0 Å². The molecule has 10 heteroatoms. The standard InChI is InChI=1S/CH2O3.Ca.FH2O3P.Na/c2-1(3)4;;1-5(2,3)4;/h(H2,2,3,4);;(H2,2,3,4);/q;+2;;+1/p-3. The molecule has 6 nitrogen and oxygen atoms in total. The van der Waals surface area contributed by atoms with E-state index in [1.165, 1.54) is 0 Å². The zero-order chi connectivity index (χ0) is 8.08. The van der Waals surface area contributed by atoms with Crippen molar-refractivity contribution in [1.29, 1.82) is 0 Å². The van der Waals surface area contributed by atoms with E-state index in [1.54, 1.807) is 0 Å². The second-order valence-electron chi connectivity index (χ2n) is 0.697. The van der Waals surface area contributed by atoms with E-state index in [-0.39, 0.29) is 67.3 Å². The predicted molar refractivity (Wildman–Crippen MR) is 22.5 cm³/mol. The molecule has 0 aromatic carbocycles. The topological polar surface area (TPSA) is 124 Å². The molecule has 1 N–H and O–H groups in total. The molecule has 56 valence electrons. The van der Waals surface area contributed by atoms with Crippen LogP contribution in [0, 0.1) is 0 Å². The molecule has 0 aliphatic heterocycles. The van der Waals surface area contributed by atoms with Crippen LogP contribution < -0.4 is 44.5 Å². The summed E-state index contributed by atoms with van der Waals surface area (Å²) in [6.07, 6.45) is -2.08. The molecule has 0 heterocycles. The predicted octanol–water partition coefficient (Wildman–Crippen LogP) is -5.70. The molecule has 0 aliphatic carbocycles. The number of hydrogen-bond acceptors (Lipinski definition) is 5. The molecule has 11 heavy (non-hydrogen) atoms. The maximum atomic E-state index is 10.1. The van der Waals surface area contributed by atoms with E-state index in [4.69, 9.17) is 29.4 Å². The van der Waals surface area contributed by atoms with Gasteiger partial charge in [-0.15, -0.1) is 0 Å². The Labute approximate surface area is 113 Å². The summed E-state index contributed by atoms with van der Waals surface area (Å²) in [6, 6.07) is 0. The van der Waals surface area contributed by atoms with E-state index in [9.17, 15) is 4.20 Å². The molecule has 0 atom stereocenters. The van der Waals surface area contributed by atoms with Crippen LogP contribution >= 0.6 is 7.91 Å². The van der Waals surface area contributed by atoms with Crippen molar-refractivity contribution < 1.29 is 63.1 Å². The van der Waals surface area contributed by atoms with Crippen molar-refractivity contribution in [1.82, 2.24) is 0 Å². The fourth-order valence-corrected chi connectivity index (χ4v) is 0. The third kappa shape index (κ3) is 414. The third-order valence-corrected chi connectivity index (χ3v) is 0. The summed E-state index contributed by atoms with van der Waals surface area (Å²) in [5, 5.41) is 15.3. The second kappa shape index (κ2) is 11.6. The van der Waals surface area contributed by atoms with Gasteiger partial charge in [0.2, 0.25) is 6.16 Å². The molecule has 0 bridgehead atoms. The number of hydrogen-bond donors (Lipinski definition) is 1. The quantitative estimate of drug-likeness (QED) is 0.321. The van der Waals surface area contributed by atoms with Gasteiger partial charge in [0, 0.05) is 0 Å². The fraction of sp³-hybridized carbons (Fsp3) is 0. The van der Waals surface area contributed by atoms with Crippen LogP contribution in [0.1, 0.15) is 0 Å². The molecule has 0 saturated heterocycles. The molecule has 0 radical (unpaired) electrons. The van der Waals surface area contributed by atoms with Gasteiger partial charge in [-0.2, -0.15) is 0 Å². The second-order valence-corrected chi connectivity index (χ2v) is 1.56. The molecular weight excluding hydrogens is 221 g/mol. The van der Waals surface area contributed by atoms with E-state index in [0.717, 1.165) is 0 Å². The van der Waals surface area contributed by atoms with Crippen LogP contribution in [0.2, 0.25) is 0 Å². The van der Waals surface area contributed by atoms with E-state index in [1.807, 2.05) is 0 Å². The summed E-state index contributed by atoms with van der Waals surface area (Å²) in [4.78, 5) is 25.3. The first-order valence-electron chi connectivity index (χ1n) is 1.35. The van der Waals surface area contributed by atoms with E-state index in [0.29, 0.717) is 0 Å². The SMILES string of the molecule is O=C([O-])O.O=P([O-])([O-])F.[Ca+2].[Na+]. The van der Waals surface area contributed by atoms with Gasteiger partial charge in [0.1, 0.15) is 7.91 Å². The minimum atomic E-state index is -5.64. The molecule has 0 aromatic rings. The molecule has 0 rings (SSSR count). The van der Waals surface area contributed by atoms with Crippen LogP contribution in [-0.4, -0.2) is 49.0 Å². The molecule has 0 saturated carbocycles. The Morgan fingerprint density at radius 1 is 1.45 bits per heavy atom. The summed E-state index contributed by atoms with van der Waals surface area (Å²) >= 11 is 0. The van der Waals surface area contributed by atoms with Crippen LogP contribution in [0.3, 0.4) is 0 Å². The zero-order valence-electron chi connectivity index (χ0n) is 5.52. The van der Waals surface area contributed by atoms with E-state index >= 15 is 0 Å². The summed E-state index contributed by atoms with van der Waals surface area (Å²) in [5.41, 5.74) is 0. The number of carboxylic acid groups (broad SMARTS) is 2. The zero-order valence-corrected chi connectivity index (χ0v) is 10.6. The van der Waals surface area contributed by atoms with Crippen LogP contribution in [0.15, 0.2) is 0 Å². The van der Waals surface area contributed by atoms with Gasteiger partial charge < -0.3 is 29.4 Å². The molecule has 0 aromatic heterocycles. The van der Waals surface area contributed by atoms with Crippen LogP contribution in [0.4, 0.5) is 8.99 Å². The Hall–Kier alpha value is 1.61. The van der Waals surface area contributed by atoms with Crippen molar-refractivity contribution in [3.63, 3.8) is 0 Å². The van der Waals surface area contributed by atoms with Gasteiger partial charge in [-0.3, -0.25) is 0 Å². The normalized spacial score (nSPS) is 7.55. The van der Waals surface area contributed by atoms with E-state index < -0.39 is 14.1 Å². The Morgan fingerprint density at radius 2 is 1.45 bits per heavy atom. The molecule has 0 spiro atoms. The monoisotopic (exact) mass is 222 g/mol. The maximum Gasteiger partial charge on any atom is 2.00 e. The van der Waals surface area contributed by atoms with Gasteiger partial charge in [0.15, 0.2) is 0 Å². The van der Waals surface area contributed by atoms with Crippen molar-refractivity contribution >= 4 is 51.8 Å². The molecule has 0 aliphatic rings. The first-order valence-corrected chi connectivity index (χ1v) is 2.78. The van der Waals surface area contributed by atoms with Crippen molar-refractivity contribution in [3.05, 3.63) is 0 Å². The molecular formula is CHCaFNaO6P. The van der Waals surface area contributed by atoms with Gasteiger partial charge in [-0.25, -0.2) is 4.20 Å². The third-order valence-electron chi connectivity index (χ3n) is 0. The van der Waals surface area contributed by atoms with Gasteiger partial charge in [0.05, 0.1) is 0 Å². The average molecular weight is 222 g/mol. The Kier molecular flexibility index (Phi) is 24.2. The number of carbonyl (C=O) groups is 1. The van der Waals surface area contributed by atoms with Crippen molar-refractivity contribution in [3.8, 4) is 0 Å². The fourth-order valence-electron chi connectivity index (χ4n) is 0. The summed E-state index contributed by atoms with van der Waals surface area (Å²) in [6.45, 7) is 0. The Morgan fingerprint density at radius 3 is 1.45 bits per heavy atom. The minimum absolute atomic E-state index is 0. The number of rotatable bonds is 0. The van der Waals surface area contributed by atoms with Crippen molar-refractivity contribution in [2.24, 2.45) is 0 Å². The first-order chi connectivity index (χ1) is 3.73. The smallest absolute Gasteiger partial charge is 0.786 e. The van der Waals surface area contributed by atoms with Crippen LogP contribution in [0.25, 0.3) is 0 Å². The summed E-state index contributed by atoms with van der Waals surface area (Å²) in [5.74, 6) is 0. The van der Waals surface area contributed by atoms with E-state index in [2.05, 4.69) is 0 Å². The van der Waals surface area contributed by atoms with Gasteiger partial charge in [-0.1, -0.05) is 0 Å². The maximum absolute atomic E-state index is 10.1. The first kappa shape index (κ1) is 22.9. The molecule has 0 unspecified atom stereocenters. The Balaban J connectivity index is -0.0000000383. The van der Waals surface area contributed by atoms with Gasteiger partial charge in [0.25, 0.3) is 0 Å². The average Bonchev–Trinajstić information content (AvgIpc) is 1.19. The van der Waals surface area contributed by atoms with Crippen molar-refractivity contribution in [2.45, 2.75) is 0 Å². The minimum Gasteiger partial charge on any atom is -0.786 e. The van der Waals surface area contributed by atoms with Crippen LogP contribution in [0.5, 0.6) is 0 Å². The molecule has 0 amide bonds. The number of halogens is 1. The molecule has 0 fully saturated rings. The summed E-state index contributed by atoms with van der Waals surface area (Å²) < 4.78 is 18.6. The van der Waals surface area contributed by atoms with Crippen molar-refractivity contribution in [2.75, 3.05) is 0 Å². The van der Waals surface area contributed by atoms with Crippen LogP contribution in [-0.2, 0) is 4.57 Å².